The first-order valence-corrected chi connectivity index (χ1v) is 9.93. The van der Waals surface area contributed by atoms with Gasteiger partial charge in [-0.2, -0.15) is 13.2 Å². The van der Waals surface area contributed by atoms with Crippen LogP contribution < -0.4 is 15.0 Å². The van der Waals surface area contributed by atoms with Crippen molar-refractivity contribution in [3.63, 3.8) is 0 Å². The van der Waals surface area contributed by atoms with Gasteiger partial charge in [-0.05, 0) is 31.2 Å². The van der Waals surface area contributed by atoms with Gasteiger partial charge in [-0.25, -0.2) is 9.50 Å². The monoisotopic (exact) mass is 431 g/mol. The molecular formula is C21H20F3N5O2. The minimum absolute atomic E-state index is 0.143. The number of piperazine rings is 1. The number of nitrogens with zero attached hydrogens (tertiary/aromatic N) is 4. The Hall–Kier alpha value is -3.27. The van der Waals surface area contributed by atoms with Crippen LogP contribution in [0, 0.1) is 0 Å². The van der Waals surface area contributed by atoms with Crippen LogP contribution in [-0.4, -0.2) is 53.1 Å². The quantitative estimate of drug-likeness (QED) is 0.529. The summed E-state index contributed by atoms with van der Waals surface area (Å²) in [5.41, 5.74) is 2.81. The van der Waals surface area contributed by atoms with E-state index in [1.165, 1.54) is 10.6 Å². The van der Waals surface area contributed by atoms with Gasteiger partial charge in [0.15, 0.2) is 18.0 Å². The van der Waals surface area contributed by atoms with Gasteiger partial charge < -0.3 is 19.4 Å². The highest BCUT2D eigenvalue weighted by molar-refractivity contribution is 5.94. The van der Waals surface area contributed by atoms with E-state index >= 15 is 0 Å². The van der Waals surface area contributed by atoms with Crippen molar-refractivity contribution in [3.05, 3.63) is 42.6 Å². The third-order valence-corrected chi connectivity index (χ3v) is 5.22. The van der Waals surface area contributed by atoms with Crippen LogP contribution >= 0.6 is 0 Å². The van der Waals surface area contributed by atoms with Crippen LogP contribution in [0.15, 0.2) is 47.0 Å². The number of hydrogen-bond acceptors (Lipinski definition) is 6. The van der Waals surface area contributed by atoms with E-state index < -0.39 is 12.8 Å². The summed E-state index contributed by atoms with van der Waals surface area (Å²) >= 11 is 0. The molecule has 0 aliphatic carbocycles. The van der Waals surface area contributed by atoms with Gasteiger partial charge in [-0.1, -0.05) is 6.07 Å². The highest BCUT2D eigenvalue weighted by atomic mass is 19.4. The molecule has 0 radical (unpaired) electrons. The average Bonchev–Trinajstić information content (AvgIpc) is 3.35. The zero-order chi connectivity index (χ0) is 21.6. The summed E-state index contributed by atoms with van der Waals surface area (Å²) in [5.74, 6) is 0.384. The summed E-state index contributed by atoms with van der Waals surface area (Å²) in [6.07, 6.45) is -2.86. The fraction of sp³-hybridized carbons (Fsp3) is 0.333. The number of furan rings is 1. The predicted molar refractivity (Wildman–Crippen MR) is 109 cm³/mol. The molecule has 31 heavy (non-hydrogen) atoms. The van der Waals surface area contributed by atoms with Crippen LogP contribution in [0.25, 0.3) is 28.1 Å². The molecule has 1 aliphatic heterocycles. The van der Waals surface area contributed by atoms with Crippen LogP contribution in [0.4, 0.5) is 18.9 Å². The summed E-state index contributed by atoms with van der Waals surface area (Å²) in [5, 5.41) is 8.56. The molecule has 162 valence electrons. The molecule has 10 heteroatoms. The Morgan fingerprint density at radius 1 is 1.26 bits per heavy atom. The Morgan fingerprint density at radius 3 is 2.94 bits per heavy atom. The molecular weight excluding hydrogens is 411 g/mol. The van der Waals surface area contributed by atoms with Crippen molar-refractivity contribution in [3.8, 4) is 17.3 Å². The number of hydrogen-bond donors (Lipinski definition) is 1. The Morgan fingerprint density at radius 2 is 2.13 bits per heavy atom. The number of rotatable bonds is 4. The van der Waals surface area contributed by atoms with Gasteiger partial charge in [0.25, 0.3) is 0 Å². The fourth-order valence-electron chi connectivity index (χ4n) is 3.86. The highest BCUT2D eigenvalue weighted by Gasteiger charge is 2.29. The minimum Gasteiger partial charge on any atom is -0.467 e. The number of ether oxygens (including phenoxy) is 1. The van der Waals surface area contributed by atoms with Crippen molar-refractivity contribution >= 4 is 22.3 Å². The van der Waals surface area contributed by atoms with E-state index in [4.69, 9.17) is 9.15 Å². The van der Waals surface area contributed by atoms with Gasteiger partial charge >= 0.3 is 6.18 Å². The van der Waals surface area contributed by atoms with Crippen LogP contribution in [0.5, 0.6) is 5.88 Å². The van der Waals surface area contributed by atoms with Crippen LogP contribution in [0.2, 0.25) is 0 Å². The second-order valence-electron chi connectivity index (χ2n) is 7.59. The lowest BCUT2D eigenvalue weighted by molar-refractivity contribution is -0.154. The zero-order valence-electron chi connectivity index (χ0n) is 16.7. The van der Waals surface area contributed by atoms with Crippen LogP contribution in [0.1, 0.15) is 6.92 Å². The summed E-state index contributed by atoms with van der Waals surface area (Å²) in [6.45, 7) is 3.42. The van der Waals surface area contributed by atoms with Gasteiger partial charge in [-0.15, -0.1) is 5.10 Å². The lowest BCUT2D eigenvalue weighted by Gasteiger charge is -2.33. The number of alkyl halides is 3. The van der Waals surface area contributed by atoms with Crippen molar-refractivity contribution in [1.29, 1.82) is 0 Å². The van der Waals surface area contributed by atoms with Gasteiger partial charge in [0.2, 0.25) is 5.88 Å². The van der Waals surface area contributed by atoms with Crippen molar-refractivity contribution in [1.82, 2.24) is 19.9 Å². The second kappa shape index (κ2) is 7.45. The summed E-state index contributed by atoms with van der Waals surface area (Å²) in [4.78, 5) is 6.60. The van der Waals surface area contributed by atoms with E-state index in [-0.39, 0.29) is 5.88 Å². The smallest absolute Gasteiger partial charge is 0.422 e. The standard InChI is InChI=1S/C21H20F3N5O2/c1-13-11-28(8-7-25-13)15-3-2-4-17-14(15)9-18(31-17)16-10-26-19-5-6-20(27-29(16)19)30-12-21(22,23)24/h2-6,9-10,13,25H,7-8,11-12H2,1H3. The first-order chi connectivity index (χ1) is 14.9. The number of imidazole rings is 1. The first-order valence-electron chi connectivity index (χ1n) is 9.93. The summed E-state index contributed by atoms with van der Waals surface area (Å²) < 4.78 is 49.7. The second-order valence-corrected chi connectivity index (χ2v) is 7.59. The van der Waals surface area contributed by atoms with Crippen LogP contribution in [-0.2, 0) is 0 Å². The SMILES string of the molecule is CC1CN(c2cccc3oc(-c4cnc5ccc(OCC(F)(F)F)nn45)cc23)CCN1. The highest BCUT2D eigenvalue weighted by Crippen LogP contribution is 2.34. The fourth-order valence-corrected chi connectivity index (χ4v) is 3.86. The van der Waals surface area contributed by atoms with Crippen molar-refractivity contribution in [2.45, 2.75) is 19.1 Å². The van der Waals surface area contributed by atoms with Gasteiger partial charge in [0, 0.05) is 42.8 Å². The van der Waals surface area contributed by atoms with Crippen molar-refractivity contribution < 1.29 is 22.3 Å². The summed E-state index contributed by atoms with van der Waals surface area (Å²) in [6, 6.07) is 11.1. The number of fused-ring (bicyclic) bond motifs is 2. The van der Waals surface area contributed by atoms with Gasteiger partial charge in [0.1, 0.15) is 11.3 Å². The van der Waals surface area contributed by atoms with Crippen molar-refractivity contribution in [2.75, 3.05) is 31.1 Å². The number of halogens is 3. The lowest BCUT2D eigenvalue weighted by Crippen LogP contribution is -2.49. The maximum atomic E-state index is 12.5. The molecule has 1 saturated heterocycles. The maximum absolute atomic E-state index is 12.5. The van der Waals surface area contributed by atoms with Gasteiger partial charge in [-0.3, -0.25) is 0 Å². The molecule has 3 aromatic heterocycles. The van der Waals surface area contributed by atoms with E-state index in [2.05, 4.69) is 33.3 Å². The van der Waals surface area contributed by atoms with E-state index in [1.54, 1.807) is 12.3 Å². The molecule has 1 fully saturated rings. The Labute approximate surface area is 175 Å². The third-order valence-electron chi connectivity index (χ3n) is 5.22. The van der Waals surface area contributed by atoms with E-state index in [0.717, 1.165) is 36.3 Å². The van der Waals surface area contributed by atoms with Crippen LogP contribution in [0.3, 0.4) is 0 Å². The Bertz CT molecular complexity index is 1230. The van der Waals surface area contributed by atoms with Crippen molar-refractivity contribution in [2.24, 2.45) is 0 Å². The average molecular weight is 431 g/mol. The minimum atomic E-state index is -4.44. The van der Waals surface area contributed by atoms with E-state index in [0.29, 0.717) is 23.1 Å². The Kier molecular flexibility index (Phi) is 4.73. The topological polar surface area (TPSA) is 67.8 Å². The number of aromatic nitrogens is 3. The van der Waals surface area contributed by atoms with E-state index in [9.17, 15) is 13.2 Å². The largest absolute Gasteiger partial charge is 0.467 e. The molecule has 7 nitrogen and oxygen atoms in total. The molecule has 5 rings (SSSR count). The van der Waals surface area contributed by atoms with Gasteiger partial charge in [0.05, 0.1) is 6.20 Å². The molecule has 1 N–H and O–H groups in total. The lowest BCUT2D eigenvalue weighted by atomic mass is 10.1. The molecule has 1 atom stereocenters. The number of benzene rings is 1. The molecule has 4 aromatic rings. The maximum Gasteiger partial charge on any atom is 0.422 e. The number of nitrogens with one attached hydrogen (secondary N) is 1. The molecule has 0 bridgehead atoms. The molecule has 0 amide bonds. The molecule has 0 spiro atoms. The summed E-state index contributed by atoms with van der Waals surface area (Å²) in [7, 11) is 0. The first kappa shape index (κ1) is 19.7. The third kappa shape index (κ3) is 3.90. The molecule has 1 aromatic carbocycles. The molecule has 4 heterocycles. The number of anilines is 1. The molecule has 0 saturated carbocycles. The molecule has 1 unspecified atom stereocenters. The van der Waals surface area contributed by atoms with E-state index in [1.807, 2.05) is 18.2 Å². The zero-order valence-corrected chi connectivity index (χ0v) is 16.7. The molecule has 1 aliphatic rings. The normalized spacial score (nSPS) is 17.5. The Balaban J connectivity index is 1.52. The predicted octanol–water partition coefficient (Wildman–Crippen LogP) is 3.88.